The zero-order valence-electron chi connectivity index (χ0n) is 13.1. The van der Waals surface area contributed by atoms with E-state index in [9.17, 15) is 9.18 Å². The monoisotopic (exact) mass is 330 g/mol. The molecule has 1 aromatic carbocycles. The Bertz CT molecular complexity index is 493. The molecule has 0 bridgehead atoms. The minimum absolute atomic E-state index is 0. The summed E-state index contributed by atoms with van der Waals surface area (Å²) in [4.78, 5) is 14.7. The van der Waals surface area contributed by atoms with Crippen LogP contribution < -0.4 is 5.32 Å². The molecule has 0 aliphatic carbocycles. The van der Waals surface area contributed by atoms with Gasteiger partial charge in [0, 0.05) is 33.4 Å². The molecule has 1 fully saturated rings. The molecule has 0 atom stereocenters. The van der Waals surface area contributed by atoms with Crippen LogP contribution in [0.1, 0.15) is 18.4 Å². The van der Waals surface area contributed by atoms with Crippen molar-refractivity contribution in [2.24, 2.45) is 0 Å². The molecule has 0 aromatic heterocycles. The van der Waals surface area contributed by atoms with E-state index in [1.807, 2.05) is 13.1 Å². The summed E-state index contributed by atoms with van der Waals surface area (Å²) in [6.07, 6.45) is 1.19. The van der Waals surface area contributed by atoms with Crippen molar-refractivity contribution in [1.82, 2.24) is 10.2 Å². The Hall–Kier alpha value is -1.17. The summed E-state index contributed by atoms with van der Waals surface area (Å²) in [5, 5.41) is 3.04. The van der Waals surface area contributed by atoms with E-state index in [1.54, 1.807) is 18.0 Å². The van der Waals surface area contributed by atoms with Gasteiger partial charge in [0.1, 0.15) is 5.82 Å². The Morgan fingerprint density at radius 2 is 2.09 bits per heavy atom. The van der Waals surface area contributed by atoms with Crippen LogP contribution in [0.15, 0.2) is 24.3 Å². The van der Waals surface area contributed by atoms with Gasteiger partial charge in [-0.1, -0.05) is 12.1 Å². The smallest absolute Gasteiger partial charge is 0.233 e. The summed E-state index contributed by atoms with van der Waals surface area (Å²) in [6.45, 7) is 2.43. The van der Waals surface area contributed by atoms with E-state index >= 15 is 0 Å². The van der Waals surface area contributed by atoms with Crippen molar-refractivity contribution in [3.05, 3.63) is 35.6 Å². The third-order valence-electron chi connectivity index (χ3n) is 4.18. The predicted octanol–water partition coefficient (Wildman–Crippen LogP) is 1.97. The Morgan fingerprint density at radius 3 is 2.68 bits per heavy atom. The van der Waals surface area contributed by atoms with Gasteiger partial charge in [0.2, 0.25) is 5.91 Å². The van der Waals surface area contributed by atoms with Crippen molar-refractivity contribution in [1.29, 1.82) is 0 Å². The maximum atomic E-state index is 13.6. The average Bonchev–Trinajstić information content (AvgIpc) is 2.52. The van der Waals surface area contributed by atoms with Crippen LogP contribution in [0, 0.1) is 5.82 Å². The van der Waals surface area contributed by atoms with Gasteiger partial charge < -0.3 is 15.0 Å². The summed E-state index contributed by atoms with van der Waals surface area (Å²) in [5.41, 5.74) is 0.0927. The van der Waals surface area contributed by atoms with E-state index in [4.69, 9.17) is 4.74 Å². The highest BCUT2D eigenvalue weighted by atomic mass is 35.5. The molecule has 0 unspecified atom stereocenters. The Balaban J connectivity index is 0.00000242. The van der Waals surface area contributed by atoms with Gasteiger partial charge in [-0.25, -0.2) is 4.39 Å². The first-order valence-electron chi connectivity index (χ1n) is 7.34. The topological polar surface area (TPSA) is 41.6 Å². The number of hydrogen-bond donors (Lipinski definition) is 1. The van der Waals surface area contributed by atoms with E-state index in [1.165, 1.54) is 12.1 Å². The first-order chi connectivity index (χ1) is 10.1. The Morgan fingerprint density at radius 1 is 1.41 bits per heavy atom. The SMILES string of the molecule is CNCCN(C)C(=O)C1(c2cccc(F)c2)CCOCC1.Cl. The molecule has 0 radical (unpaired) electrons. The second-order valence-electron chi connectivity index (χ2n) is 5.54. The lowest BCUT2D eigenvalue weighted by molar-refractivity contribution is -0.140. The van der Waals surface area contributed by atoms with Crippen molar-refractivity contribution in [2.75, 3.05) is 40.4 Å². The summed E-state index contributed by atoms with van der Waals surface area (Å²) >= 11 is 0. The van der Waals surface area contributed by atoms with Crippen LogP contribution in [0.2, 0.25) is 0 Å². The van der Waals surface area contributed by atoms with Crippen LogP contribution >= 0.6 is 12.4 Å². The van der Waals surface area contributed by atoms with Crippen molar-refractivity contribution < 1.29 is 13.9 Å². The molecule has 4 nitrogen and oxygen atoms in total. The highest BCUT2D eigenvalue weighted by molar-refractivity contribution is 5.88. The highest BCUT2D eigenvalue weighted by Crippen LogP contribution is 2.36. The number of hydrogen-bond acceptors (Lipinski definition) is 3. The molecular weight excluding hydrogens is 307 g/mol. The molecule has 1 aromatic rings. The number of amides is 1. The molecule has 22 heavy (non-hydrogen) atoms. The van der Waals surface area contributed by atoms with Gasteiger partial charge in [0.05, 0.1) is 5.41 Å². The summed E-state index contributed by atoms with van der Waals surface area (Å²) in [7, 11) is 3.66. The van der Waals surface area contributed by atoms with E-state index in [2.05, 4.69) is 5.32 Å². The van der Waals surface area contributed by atoms with Crippen LogP contribution in [0.5, 0.6) is 0 Å². The van der Waals surface area contributed by atoms with E-state index in [-0.39, 0.29) is 24.1 Å². The molecule has 1 N–H and O–H groups in total. The molecule has 1 heterocycles. The number of carbonyl (C=O) groups excluding carboxylic acids is 1. The highest BCUT2D eigenvalue weighted by Gasteiger charge is 2.43. The van der Waals surface area contributed by atoms with Crippen LogP contribution in [-0.4, -0.2) is 51.2 Å². The van der Waals surface area contributed by atoms with E-state index < -0.39 is 5.41 Å². The van der Waals surface area contributed by atoms with E-state index in [0.717, 1.165) is 12.1 Å². The van der Waals surface area contributed by atoms with Gasteiger partial charge in [0.25, 0.3) is 0 Å². The maximum absolute atomic E-state index is 13.6. The van der Waals surface area contributed by atoms with Crippen LogP contribution in [-0.2, 0) is 14.9 Å². The number of ether oxygens (including phenoxy) is 1. The average molecular weight is 331 g/mol. The first-order valence-corrected chi connectivity index (χ1v) is 7.34. The molecule has 1 amide bonds. The van der Waals surface area contributed by atoms with Gasteiger partial charge in [-0.3, -0.25) is 4.79 Å². The van der Waals surface area contributed by atoms with Gasteiger partial charge in [-0.05, 0) is 37.6 Å². The number of carbonyl (C=O) groups is 1. The lowest BCUT2D eigenvalue weighted by Crippen LogP contribution is -2.49. The van der Waals surface area contributed by atoms with Gasteiger partial charge in [-0.15, -0.1) is 12.4 Å². The molecule has 1 aliphatic heterocycles. The molecular formula is C16H24ClFN2O2. The normalized spacial score (nSPS) is 16.7. The molecule has 2 rings (SSSR count). The number of rotatable bonds is 5. The maximum Gasteiger partial charge on any atom is 0.233 e. The first kappa shape index (κ1) is 18.9. The molecule has 6 heteroatoms. The zero-order chi connectivity index (χ0) is 15.3. The fraction of sp³-hybridized carbons (Fsp3) is 0.562. The Labute approximate surface area is 137 Å². The number of nitrogens with zero attached hydrogens (tertiary/aromatic N) is 1. The van der Waals surface area contributed by atoms with Crippen molar-refractivity contribution in [3.63, 3.8) is 0 Å². The molecule has 0 spiro atoms. The second-order valence-corrected chi connectivity index (χ2v) is 5.54. The van der Waals surface area contributed by atoms with Crippen LogP contribution in [0.3, 0.4) is 0 Å². The lowest BCUT2D eigenvalue weighted by atomic mass is 9.73. The zero-order valence-corrected chi connectivity index (χ0v) is 13.9. The standard InChI is InChI=1S/C16H23FN2O2.ClH/c1-18-8-9-19(2)15(20)16(6-10-21-11-7-16)13-4-3-5-14(17)12-13;/h3-5,12,18H,6-11H2,1-2H3;1H. The predicted molar refractivity (Wildman–Crippen MR) is 86.9 cm³/mol. The quantitative estimate of drug-likeness (QED) is 0.897. The largest absolute Gasteiger partial charge is 0.381 e. The summed E-state index contributed by atoms with van der Waals surface area (Å²) < 4.78 is 19.0. The van der Waals surface area contributed by atoms with Gasteiger partial charge in [-0.2, -0.15) is 0 Å². The molecule has 1 saturated heterocycles. The van der Waals surface area contributed by atoms with Crippen LogP contribution in [0.4, 0.5) is 4.39 Å². The number of benzene rings is 1. The van der Waals surface area contributed by atoms with E-state index in [0.29, 0.717) is 32.6 Å². The van der Waals surface area contributed by atoms with Gasteiger partial charge in [0.15, 0.2) is 0 Å². The second kappa shape index (κ2) is 8.46. The van der Waals surface area contributed by atoms with Crippen molar-refractivity contribution in [3.8, 4) is 0 Å². The van der Waals surface area contributed by atoms with Crippen molar-refractivity contribution in [2.45, 2.75) is 18.3 Å². The number of likely N-dealkylation sites (N-methyl/N-ethyl adjacent to an activating group) is 2. The van der Waals surface area contributed by atoms with Crippen LogP contribution in [0.25, 0.3) is 0 Å². The van der Waals surface area contributed by atoms with Crippen molar-refractivity contribution >= 4 is 18.3 Å². The minimum atomic E-state index is -0.664. The summed E-state index contributed by atoms with van der Waals surface area (Å²) in [5.74, 6) is -0.254. The Kier molecular flexibility index (Phi) is 7.26. The number of halogens is 2. The third-order valence-corrected chi connectivity index (χ3v) is 4.18. The fourth-order valence-corrected chi connectivity index (χ4v) is 2.88. The lowest BCUT2D eigenvalue weighted by Gasteiger charge is -2.39. The minimum Gasteiger partial charge on any atom is -0.381 e. The molecule has 0 saturated carbocycles. The third kappa shape index (κ3) is 3.97. The summed E-state index contributed by atoms with van der Waals surface area (Å²) in [6, 6.07) is 6.40. The van der Waals surface area contributed by atoms with Gasteiger partial charge >= 0.3 is 0 Å². The molecule has 1 aliphatic rings. The number of nitrogens with one attached hydrogen (secondary N) is 1. The fourth-order valence-electron chi connectivity index (χ4n) is 2.88. The molecule has 124 valence electrons.